The molecule has 5 rings (SSSR count). The lowest BCUT2D eigenvalue weighted by molar-refractivity contribution is 0.0730. The molecule has 0 spiro atoms. The van der Waals surface area contributed by atoms with Crippen LogP contribution in [0, 0.1) is 0 Å². The molecule has 1 aromatic rings. The maximum absolute atomic E-state index is 12.8. The van der Waals surface area contributed by atoms with Gasteiger partial charge in [-0.1, -0.05) is 36.7 Å². The van der Waals surface area contributed by atoms with Crippen LogP contribution in [0.15, 0.2) is 39.6 Å². The molecule has 1 aromatic carbocycles. The maximum atomic E-state index is 12.8. The van der Waals surface area contributed by atoms with Gasteiger partial charge in [-0.05, 0) is 30.5 Å². The largest absolute Gasteiger partial charge is 0.379 e. The molecular formula is C19H23N3O3S2. The van der Waals surface area contributed by atoms with Crippen LogP contribution in [0.3, 0.4) is 0 Å². The number of benzene rings is 1. The number of aliphatic imine (C=N–C) groups is 1. The zero-order valence-electron chi connectivity index (χ0n) is 15.1. The van der Waals surface area contributed by atoms with Crippen LogP contribution in [0.5, 0.6) is 0 Å². The van der Waals surface area contributed by atoms with Gasteiger partial charge in [-0.2, -0.15) is 4.31 Å². The van der Waals surface area contributed by atoms with Crippen molar-refractivity contribution in [2.45, 2.75) is 42.7 Å². The Hall–Kier alpha value is -1.35. The van der Waals surface area contributed by atoms with Gasteiger partial charge in [0.2, 0.25) is 10.0 Å². The Balaban J connectivity index is 1.39. The highest BCUT2D eigenvalue weighted by molar-refractivity contribution is 8.16. The van der Waals surface area contributed by atoms with Crippen LogP contribution >= 0.6 is 11.8 Å². The summed E-state index contributed by atoms with van der Waals surface area (Å²) in [6, 6.07) is 8.21. The second-order valence-electron chi connectivity index (χ2n) is 7.36. The van der Waals surface area contributed by atoms with E-state index in [2.05, 4.69) is 10.3 Å². The summed E-state index contributed by atoms with van der Waals surface area (Å²) in [5, 5.41) is 3.25. The van der Waals surface area contributed by atoms with Crippen LogP contribution in [-0.4, -0.2) is 61.2 Å². The van der Waals surface area contributed by atoms with E-state index in [0.717, 1.165) is 16.4 Å². The highest BCUT2D eigenvalue weighted by Gasteiger charge is 2.42. The molecule has 0 radical (unpaired) electrons. The lowest BCUT2D eigenvalue weighted by atomic mass is 9.90. The second-order valence-corrected chi connectivity index (χ2v) is 10.1. The van der Waals surface area contributed by atoms with Crippen molar-refractivity contribution in [2.24, 2.45) is 4.99 Å². The first-order valence-electron chi connectivity index (χ1n) is 9.57. The van der Waals surface area contributed by atoms with E-state index in [0.29, 0.717) is 43.3 Å². The van der Waals surface area contributed by atoms with Crippen molar-refractivity contribution in [3.05, 3.63) is 35.2 Å². The molecule has 1 saturated carbocycles. The van der Waals surface area contributed by atoms with Crippen molar-refractivity contribution < 1.29 is 13.2 Å². The summed E-state index contributed by atoms with van der Waals surface area (Å²) in [4.78, 5) is 7.63. The fraction of sp³-hybridized carbons (Fsp3) is 0.526. The van der Waals surface area contributed by atoms with Crippen molar-refractivity contribution in [1.82, 2.24) is 9.21 Å². The van der Waals surface area contributed by atoms with Crippen LogP contribution in [0.25, 0.3) is 5.70 Å². The minimum absolute atomic E-state index is 0.352. The zero-order valence-corrected chi connectivity index (χ0v) is 16.7. The molecule has 3 aliphatic heterocycles. The van der Waals surface area contributed by atoms with Gasteiger partial charge >= 0.3 is 0 Å². The number of nitrogens with zero attached hydrogens (tertiary/aromatic N) is 3. The van der Waals surface area contributed by atoms with Gasteiger partial charge in [0.15, 0.2) is 5.17 Å². The lowest BCUT2D eigenvalue weighted by Crippen LogP contribution is -2.40. The van der Waals surface area contributed by atoms with E-state index in [1.165, 1.54) is 30.0 Å². The summed E-state index contributed by atoms with van der Waals surface area (Å²) in [7, 11) is -3.45. The van der Waals surface area contributed by atoms with E-state index >= 15 is 0 Å². The Kier molecular flexibility index (Phi) is 4.54. The molecule has 2 atom stereocenters. The van der Waals surface area contributed by atoms with Gasteiger partial charge in [0.1, 0.15) is 0 Å². The summed E-state index contributed by atoms with van der Waals surface area (Å²) < 4.78 is 32.4. The van der Waals surface area contributed by atoms with Gasteiger partial charge < -0.3 is 9.64 Å². The molecule has 144 valence electrons. The average Bonchev–Trinajstić information content (AvgIpc) is 3.28. The maximum Gasteiger partial charge on any atom is 0.243 e. The number of fused-ring (bicyclic) bond motifs is 3. The lowest BCUT2D eigenvalue weighted by Gasteiger charge is -2.32. The summed E-state index contributed by atoms with van der Waals surface area (Å²) in [6.07, 6.45) is 4.88. The van der Waals surface area contributed by atoms with Gasteiger partial charge in [0.05, 0.1) is 35.9 Å². The van der Waals surface area contributed by atoms with Crippen molar-refractivity contribution in [1.29, 1.82) is 0 Å². The molecular weight excluding hydrogens is 382 g/mol. The minimum Gasteiger partial charge on any atom is -0.379 e. The molecule has 0 N–H and O–H groups in total. The fourth-order valence-corrected chi connectivity index (χ4v) is 6.78. The molecule has 1 aliphatic carbocycles. The van der Waals surface area contributed by atoms with Gasteiger partial charge in [0.25, 0.3) is 0 Å². The number of hydrogen-bond acceptors (Lipinski definition) is 6. The highest BCUT2D eigenvalue weighted by Crippen LogP contribution is 2.44. The summed E-state index contributed by atoms with van der Waals surface area (Å²) in [5.74, 6) is 0. The smallest absolute Gasteiger partial charge is 0.243 e. The SMILES string of the molecule is O=S(=O)(c1ccc(C2=CSC3=N[C@H]4CCCC[C@H]4N23)cc1)N1CCOCC1. The van der Waals surface area contributed by atoms with Crippen molar-refractivity contribution in [3.63, 3.8) is 0 Å². The predicted octanol–water partition coefficient (Wildman–Crippen LogP) is 2.74. The fourth-order valence-electron chi connectivity index (χ4n) is 4.36. The number of ether oxygens (including phenoxy) is 1. The molecule has 0 aromatic heterocycles. The molecule has 6 nitrogen and oxygen atoms in total. The van der Waals surface area contributed by atoms with E-state index < -0.39 is 10.0 Å². The van der Waals surface area contributed by atoms with E-state index in [1.54, 1.807) is 23.9 Å². The van der Waals surface area contributed by atoms with Gasteiger partial charge in [-0.25, -0.2) is 8.42 Å². The number of sulfonamides is 1. The van der Waals surface area contributed by atoms with E-state index in [4.69, 9.17) is 9.73 Å². The first kappa shape index (κ1) is 17.7. The third kappa shape index (κ3) is 3.03. The van der Waals surface area contributed by atoms with Gasteiger partial charge in [-0.3, -0.25) is 4.99 Å². The molecule has 8 heteroatoms. The summed E-state index contributed by atoms with van der Waals surface area (Å²) in [6.45, 7) is 1.76. The van der Waals surface area contributed by atoms with E-state index in [1.807, 2.05) is 12.1 Å². The highest BCUT2D eigenvalue weighted by atomic mass is 32.2. The van der Waals surface area contributed by atoms with Gasteiger partial charge in [-0.15, -0.1) is 0 Å². The summed E-state index contributed by atoms with van der Waals surface area (Å²) in [5.41, 5.74) is 2.21. The van der Waals surface area contributed by atoms with Crippen molar-refractivity contribution >= 4 is 32.6 Å². The Morgan fingerprint density at radius 2 is 1.81 bits per heavy atom. The molecule has 0 amide bonds. The second kappa shape index (κ2) is 6.92. The average molecular weight is 406 g/mol. The van der Waals surface area contributed by atoms with E-state index in [9.17, 15) is 8.42 Å². The number of hydrogen-bond donors (Lipinski definition) is 0. The topological polar surface area (TPSA) is 62.2 Å². The monoisotopic (exact) mass is 405 g/mol. The number of rotatable bonds is 3. The Morgan fingerprint density at radius 3 is 2.59 bits per heavy atom. The van der Waals surface area contributed by atoms with Crippen LogP contribution in [-0.2, 0) is 14.8 Å². The molecule has 0 unspecified atom stereocenters. The Bertz CT molecular complexity index is 889. The van der Waals surface area contributed by atoms with Crippen LogP contribution in [0.1, 0.15) is 31.2 Å². The van der Waals surface area contributed by atoms with Gasteiger partial charge in [0, 0.05) is 18.5 Å². The molecule has 4 aliphatic rings. The van der Waals surface area contributed by atoms with Crippen LogP contribution < -0.4 is 0 Å². The first-order chi connectivity index (χ1) is 13.1. The molecule has 3 heterocycles. The van der Waals surface area contributed by atoms with Crippen molar-refractivity contribution in [3.8, 4) is 0 Å². The molecule has 0 bridgehead atoms. The Labute approximate surface area is 164 Å². The molecule has 1 saturated heterocycles. The number of amidine groups is 1. The van der Waals surface area contributed by atoms with Crippen molar-refractivity contribution in [2.75, 3.05) is 26.3 Å². The third-order valence-electron chi connectivity index (χ3n) is 5.80. The van der Waals surface area contributed by atoms with E-state index in [-0.39, 0.29) is 0 Å². The predicted molar refractivity (Wildman–Crippen MR) is 107 cm³/mol. The third-order valence-corrected chi connectivity index (χ3v) is 8.57. The summed E-state index contributed by atoms with van der Waals surface area (Å²) >= 11 is 1.69. The number of morpholine rings is 1. The zero-order chi connectivity index (χ0) is 18.4. The normalized spacial score (nSPS) is 28.5. The molecule has 2 fully saturated rings. The van der Waals surface area contributed by atoms with Crippen LogP contribution in [0.4, 0.5) is 0 Å². The quantitative estimate of drug-likeness (QED) is 0.774. The number of thioether (sulfide) groups is 1. The standard InChI is InChI=1S/C19H23N3O3S2/c23-27(24,21-9-11-25-12-10-21)15-7-5-14(6-8-15)18-13-26-19-20-16-3-1-2-4-17(16)22(18)19/h5-8,13,16-17H,1-4,9-12H2/t16-,17+/m0/s1. The minimum atomic E-state index is -3.45. The Morgan fingerprint density at radius 1 is 1.07 bits per heavy atom. The molecule has 27 heavy (non-hydrogen) atoms. The van der Waals surface area contributed by atoms with Crippen LogP contribution in [0.2, 0.25) is 0 Å². The first-order valence-corrected chi connectivity index (χ1v) is 11.9.